The summed E-state index contributed by atoms with van der Waals surface area (Å²) in [6.45, 7) is 3.13. The molecule has 1 fully saturated rings. The smallest absolute Gasteiger partial charge is 0.337 e. The zero-order chi connectivity index (χ0) is 22.9. The molecule has 0 aliphatic carbocycles. The Morgan fingerprint density at radius 2 is 1.97 bits per heavy atom. The van der Waals surface area contributed by atoms with Crippen molar-refractivity contribution in [2.75, 3.05) is 13.1 Å². The molecule has 0 spiro atoms. The molecule has 0 saturated carbocycles. The second-order valence-electron chi connectivity index (χ2n) is 8.35. The van der Waals surface area contributed by atoms with Crippen LogP contribution in [-0.4, -0.2) is 38.7 Å². The molecule has 1 atom stereocenters. The number of pyridine rings is 1. The number of piperidine rings is 1. The maximum Gasteiger partial charge on any atom is 0.416 e. The van der Waals surface area contributed by atoms with Crippen LogP contribution in [0.5, 0.6) is 0 Å². The van der Waals surface area contributed by atoms with Crippen molar-refractivity contribution in [3.8, 4) is 0 Å². The number of amides is 1. The number of benzene rings is 1. The van der Waals surface area contributed by atoms with Gasteiger partial charge in [-0.1, -0.05) is 18.2 Å². The summed E-state index contributed by atoms with van der Waals surface area (Å²) in [5.41, 5.74) is 3.13. The first kappa shape index (κ1) is 22.0. The van der Waals surface area contributed by atoms with E-state index in [4.69, 9.17) is 4.98 Å². The maximum absolute atomic E-state index is 13.1. The highest BCUT2D eigenvalue weighted by Gasteiger charge is 2.30. The Balaban J connectivity index is 1.54. The number of rotatable bonds is 4. The molecule has 3 aromatic rings. The number of halogens is 3. The van der Waals surface area contributed by atoms with E-state index >= 15 is 0 Å². The molecule has 32 heavy (non-hydrogen) atoms. The maximum atomic E-state index is 13.1. The van der Waals surface area contributed by atoms with Crippen LogP contribution in [0.4, 0.5) is 13.2 Å². The lowest BCUT2D eigenvalue weighted by Crippen LogP contribution is -2.40. The SMILES string of the molecule is Cc1cc(Cc2cccc(C(F)(F)F)c2)cc(C2CCCN(C(=O)c3ccnn3C)C2)n1. The predicted octanol–water partition coefficient (Wildman–Crippen LogP) is 4.75. The third kappa shape index (κ3) is 4.84. The minimum atomic E-state index is -4.36. The molecule has 0 bridgehead atoms. The lowest BCUT2D eigenvalue weighted by Gasteiger charge is -2.32. The van der Waals surface area contributed by atoms with Crippen LogP contribution in [0.3, 0.4) is 0 Å². The largest absolute Gasteiger partial charge is 0.416 e. The van der Waals surface area contributed by atoms with Gasteiger partial charge in [-0.25, -0.2) is 0 Å². The highest BCUT2D eigenvalue weighted by molar-refractivity contribution is 5.92. The van der Waals surface area contributed by atoms with E-state index in [1.54, 1.807) is 30.1 Å². The number of aryl methyl sites for hydroxylation is 2. The summed E-state index contributed by atoms with van der Waals surface area (Å²) >= 11 is 0. The van der Waals surface area contributed by atoms with Crippen LogP contribution in [0, 0.1) is 6.92 Å². The number of carbonyl (C=O) groups is 1. The van der Waals surface area contributed by atoms with Crippen molar-refractivity contribution in [2.24, 2.45) is 7.05 Å². The average Bonchev–Trinajstić information content (AvgIpc) is 3.18. The molecule has 1 unspecified atom stereocenters. The molecular formula is C24H25F3N4O. The minimum Gasteiger partial charge on any atom is -0.337 e. The molecule has 168 valence electrons. The fourth-order valence-electron chi connectivity index (χ4n) is 4.32. The number of likely N-dealkylation sites (tertiary alicyclic amines) is 1. The number of hydrogen-bond acceptors (Lipinski definition) is 3. The molecule has 0 radical (unpaired) electrons. The van der Waals surface area contributed by atoms with Gasteiger partial charge in [0, 0.05) is 43.6 Å². The van der Waals surface area contributed by atoms with Crippen LogP contribution in [0.25, 0.3) is 0 Å². The number of carbonyl (C=O) groups excluding carboxylic acids is 1. The van der Waals surface area contributed by atoms with Crippen molar-refractivity contribution in [3.05, 3.63) is 82.4 Å². The van der Waals surface area contributed by atoms with Gasteiger partial charge < -0.3 is 4.90 Å². The summed E-state index contributed by atoms with van der Waals surface area (Å²) in [6.07, 6.45) is -0.579. The van der Waals surface area contributed by atoms with Gasteiger partial charge in [-0.15, -0.1) is 0 Å². The molecule has 1 amide bonds. The zero-order valence-electron chi connectivity index (χ0n) is 18.1. The molecule has 1 saturated heterocycles. The van der Waals surface area contributed by atoms with E-state index in [0.29, 0.717) is 30.8 Å². The first-order valence-corrected chi connectivity index (χ1v) is 10.6. The van der Waals surface area contributed by atoms with Crippen LogP contribution >= 0.6 is 0 Å². The Labute approximate surface area is 184 Å². The molecular weight excluding hydrogens is 417 g/mol. The first-order chi connectivity index (χ1) is 15.2. The minimum absolute atomic E-state index is 0.0495. The third-order valence-electron chi connectivity index (χ3n) is 5.86. The highest BCUT2D eigenvalue weighted by atomic mass is 19.4. The molecule has 3 heterocycles. The zero-order valence-corrected chi connectivity index (χ0v) is 18.1. The number of hydrogen-bond donors (Lipinski definition) is 0. The summed E-state index contributed by atoms with van der Waals surface area (Å²) in [4.78, 5) is 19.4. The molecule has 4 rings (SSSR count). The fourth-order valence-corrected chi connectivity index (χ4v) is 4.32. The highest BCUT2D eigenvalue weighted by Crippen LogP contribution is 2.31. The summed E-state index contributed by atoms with van der Waals surface area (Å²) in [5, 5.41) is 4.08. The molecule has 8 heteroatoms. The van der Waals surface area contributed by atoms with Crippen LogP contribution in [-0.2, 0) is 19.6 Å². The average molecular weight is 442 g/mol. The Bertz CT molecular complexity index is 1120. The van der Waals surface area contributed by atoms with Crippen molar-refractivity contribution in [1.82, 2.24) is 19.7 Å². The van der Waals surface area contributed by atoms with Gasteiger partial charge >= 0.3 is 6.18 Å². The van der Waals surface area contributed by atoms with E-state index in [1.807, 2.05) is 24.0 Å². The van der Waals surface area contributed by atoms with Crippen LogP contribution in [0.1, 0.15) is 57.3 Å². The van der Waals surface area contributed by atoms with Crippen molar-refractivity contribution in [2.45, 2.75) is 38.3 Å². The fraction of sp³-hybridized carbons (Fsp3) is 0.375. The molecule has 0 N–H and O–H groups in total. The normalized spacial score (nSPS) is 16.9. The quantitative estimate of drug-likeness (QED) is 0.586. The Hall–Kier alpha value is -3.16. The Morgan fingerprint density at radius 1 is 1.16 bits per heavy atom. The van der Waals surface area contributed by atoms with Crippen LogP contribution in [0.15, 0.2) is 48.7 Å². The summed E-state index contributed by atoms with van der Waals surface area (Å²) in [6, 6.07) is 11.0. The summed E-state index contributed by atoms with van der Waals surface area (Å²) < 4.78 is 40.8. The van der Waals surface area contributed by atoms with Gasteiger partial charge in [-0.3, -0.25) is 14.5 Å². The third-order valence-corrected chi connectivity index (χ3v) is 5.86. The van der Waals surface area contributed by atoms with Gasteiger partial charge in [-0.05, 0) is 61.6 Å². The monoisotopic (exact) mass is 442 g/mol. The molecule has 5 nitrogen and oxygen atoms in total. The van der Waals surface area contributed by atoms with E-state index in [0.717, 1.165) is 35.9 Å². The van der Waals surface area contributed by atoms with Crippen molar-refractivity contribution < 1.29 is 18.0 Å². The van der Waals surface area contributed by atoms with Gasteiger partial charge in [0.15, 0.2) is 0 Å². The van der Waals surface area contributed by atoms with Crippen LogP contribution < -0.4 is 0 Å². The number of alkyl halides is 3. The molecule has 1 aliphatic heterocycles. The Kier molecular flexibility index (Phi) is 6.04. The summed E-state index contributed by atoms with van der Waals surface area (Å²) in [7, 11) is 1.75. The van der Waals surface area contributed by atoms with Gasteiger partial charge in [0.05, 0.1) is 5.56 Å². The Morgan fingerprint density at radius 3 is 2.69 bits per heavy atom. The second-order valence-corrected chi connectivity index (χ2v) is 8.35. The van der Waals surface area contributed by atoms with Crippen molar-refractivity contribution in [1.29, 1.82) is 0 Å². The van der Waals surface area contributed by atoms with Gasteiger partial charge in [0.1, 0.15) is 5.69 Å². The van der Waals surface area contributed by atoms with Gasteiger partial charge in [0.2, 0.25) is 0 Å². The molecule has 2 aromatic heterocycles. The number of nitrogens with zero attached hydrogens (tertiary/aromatic N) is 4. The lowest BCUT2D eigenvalue weighted by atomic mass is 9.92. The van der Waals surface area contributed by atoms with E-state index in [1.165, 1.54) is 12.1 Å². The number of aromatic nitrogens is 3. The predicted molar refractivity (Wildman–Crippen MR) is 114 cm³/mol. The van der Waals surface area contributed by atoms with E-state index in [2.05, 4.69) is 5.10 Å². The topological polar surface area (TPSA) is 51.0 Å². The van der Waals surface area contributed by atoms with E-state index in [-0.39, 0.29) is 11.8 Å². The van der Waals surface area contributed by atoms with Gasteiger partial charge in [0.25, 0.3) is 5.91 Å². The van der Waals surface area contributed by atoms with Crippen LogP contribution in [0.2, 0.25) is 0 Å². The van der Waals surface area contributed by atoms with E-state index < -0.39 is 11.7 Å². The lowest BCUT2D eigenvalue weighted by molar-refractivity contribution is -0.137. The first-order valence-electron chi connectivity index (χ1n) is 10.6. The van der Waals surface area contributed by atoms with E-state index in [9.17, 15) is 18.0 Å². The van der Waals surface area contributed by atoms with Crippen molar-refractivity contribution >= 4 is 5.91 Å². The molecule has 1 aliphatic rings. The second kappa shape index (κ2) is 8.76. The van der Waals surface area contributed by atoms with Crippen molar-refractivity contribution in [3.63, 3.8) is 0 Å². The molecule has 1 aromatic carbocycles. The standard InChI is InChI=1S/C24H25F3N4O/c1-16-11-18(12-17-5-3-7-20(13-17)24(25,26)27)14-21(29-16)19-6-4-10-31(15-19)23(32)22-8-9-28-30(22)2/h3,5,7-9,11,13-14,19H,4,6,10,12,15H2,1-2H3. The van der Waals surface area contributed by atoms with Gasteiger partial charge in [-0.2, -0.15) is 18.3 Å². The summed E-state index contributed by atoms with van der Waals surface area (Å²) in [5.74, 6) is 0.0348.